The number of carbonyl (C=O) groups excluding carboxylic acids is 1. The molecule has 0 aliphatic heterocycles. The Morgan fingerprint density at radius 1 is 1.24 bits per heavy atom. The van der Waals surface area contributed by atoms with Crippen molar-refractivity contribution in [1.29, 1.82) is 0 Å². The van der Waals surface area contributed by atoms with Crippen LogP contribution in [0.3, 0.4) is 0 Å². The summed E-state index contributed by atoms with van der Waals surface area (Å²) in [5.74, 6) is 0.366. The number of nitrogens with zero attached hydrogens (tertiary/aromatic N) is 1. The van der Waals surface area contributed by atoms with E-state index in [1.54, 1.807) is 46.1 Å². The lowest BCUT2D eigenvalue weighted by atomic mass is 10.0. The number of hydrogen-bond acceptors (Lipinski definition) is 7. The minimum atomic E-state index is -1.25. The Kier molecular flexibility index (Phi) is 7.19. The maximum atomic E-state index is 12.4. The lowest BCUT2D eigenvalue weighted by Gasteiger charge is -2.24. The van der Waals surface area contributed by atoms with Crippen LogP contribution in [0.2, 0.25) is 0 Å². The fraction of sp³-hybridized carbons (Fsp3) is 0.542. The van der Waals surface area contributed by atoms with E-state index in [9.17, 15) is 14.7 Å². The first-order valence-electron chi connectivity index (χ1n) is 11.0. The smallest absolute Gasteiger partial charge is 0.408 e. The lowest BCUT2D eigenvalue weighted by Crippen LogP contribution is -2.37. The van der Waals surface area contributed by atoms with Crippen LogP contribution in [0.25, 0.3) is 11.5 Å². The molecule has 180 valence electrons. The van der Waals surface area contributed by atoms with Crippen molar-refractivity contribution in [3.63, 3.8) is 0 Å². The summed E-state index contributed by atoms with van der Waals surface area (Å²) < 4.78 is 22.5. The third kappa shape index (κ3) is 6.40. The summed E-state index contributed by atoms with van der Waals surface area (Å²) in [6.07, 6.45) is 1.62. The van der Waals surface area contributed by atoms with Gasteiger partial charge in [0.2, 0.25) is 5.89 Å². The van der Waals surface area contributed by atoms with Crippen molar-refractivity contribution in [3.05, 3.63) is 29.7 Å². The topological polar surface area (TPSA) is 120 Å². The molecule has 1 amide bonds. The number of aromatic carboxylic acids is 1. The maximum Gasteiger partial charge on any atom is 0.408 e. The highest BCUT2D eigenvalue weighted by molar-refractivity contribution is 5.87. The van der Waals surface area contributed by atoms with Crippen molar-refractivity contribution < 1.29 is 33.3 Å². The van der Waals surface area contributed by atoms with Crippen LogP contribution in [0, 0.1) is 11.8 Å². The molecule has 33 heavy (non-hydrogen) atoms. The number of rotatable bonds is 9. The van der Waals surface area contributed by atoms with E-state index in [-0.39, 0.29) is 23.3 Å². The fourth-order valence-electron chi connectivity index (χ4n) is 3.20. The number of aromatic nitrogens is 1. The minimum Gasteiger partial charge on any atom is -0.493 e. The van der Waals surface area contributed by atoms with Crippen LogP contribution in [-0.4, -0.2) is 41.5 Å². The van der Waals surface area contributed by atoms with Gasteiger partial charge in [-0.1, -0.05) is 13.8 Å². The van der Waals surface area contributed by atoms with Gasteiger partial charge in [-0.25, -0.2) is 14.6 Å². The van der Waals surface area contributed by atoms with Gasteiger partial charge in [-0.05, 0) is 63.6 Å². The zero-order chi connectivity index (χ0) is 24.3. The molecular weight excluding hydrogens is 428 g/mol. The Hall–Kier alpha value is -3.23. The number of nitrogens with one attached hydrogen (secondary N) is 1. The molecule has 9 heteroatoms. The number of benzene rings is 1. The van der Waals surface area contributed by atoms with E-state index in [0.717, 1.165) is 12.8 Å². The van der Waals surface area contributed by atoms with Crippen LogP contribution in [0.4, 0.5) is 4.79 Å². The molecule has 1 aliphatic rings. The van der Waals surface area contributed by atoms with Gasteiger partial charge in [-0.3, -0.25) is 0 Å². The second-order valence-corrected chi connectivity index (χ2v) is 9.52. The number of carboxylic acids is 1. The van der Waals surface area contributed by atoms with Gasteiger partial charge in [0.1, 0.15) is 5.60 Å². The first kappa shape index (κ1) is 24.4. The van der Waals surface area contributed by atoms with Crippen molar-refractivity contribution in [1.82, 2.24) is 10.3 Å². The summed E-state index contributed by atoms with van der Waals surface area (Å²) in [6, 6.07) is 4.40. The molecule has 0 bridgehead atoms. The number of oxazole rings is 1. The summed E-state index contributed by atoms with van der Waals surface area (Å²) >= 11 is 0. The van der Waals surface area contributed by atoms with Crippen LogP contribution in [0.5, 0.6) is 11.5 Å². The van der Waals surface area contributed by atoms with Crippen molar-refractivity contribution in [2.45, 2.75) is 59.1 Å². The van der Waals surface area contributed by atoms with Gasteiger partial charge in [0.25, 0.3) is 0 Å². The molecule has 0 saturated heterocycles. The molecule has 1 aromatic heterocycles. The molecule has 2 aromatic rings. The van der Waals surface area contributed by atoms with E-state index in [1.807, 2.05) is 13.8 Å². The van der Waals surface area contributed by atoms with Gasteiger partial charge in [-0.15, -0.1) is 0 Å². The summed E-state index contributed by atoms with van der Waals surface area (Å²) in [5, 5.41) is 12.5. The van der Waals surface area contributed by atoms with Gasteiger partial charge >= 0.3 is 12.1 Å². The highest BCUT2D eigenvalue weighted by Crippen LogP contribution is 2.37. The van der Waals surface area contributed by atoms with Gasteiger partial charge in [0.05, 0.1) is 19.8 Å². The zero-order valence-corrected chi connectivity index (χ0v) is 19.9. The molecule has 1 saturated carbocycles. The Labute approximate surface area is 193 Å². The van der Waals surface area contributed by atoms with E-state index in [2.05, 4.69) is 10.3 Å². The van der Waals surface area contributed by atoms with Gasteiger partial charge < -0.3 is 29.1 Å². The maximum absolute atomic E-state index is 12.4. The number of amides is 1. The largest absolute Gasteiger partial charge is 0.493 e. The molecule has 2 N–H and O–H groups in total. The Morgan fingerprint density at radius 2 is 1.94 bits per heavy atom. The molecule has 1 atom stereocenters. The number of hydrogen-bond donors (Lipinski definition) is 2. The van der Waals surface area contributed by atoms with Crippen molar-refractivity contribution in [2.75, 3.05) is 13.7 Å². The minimum absolute atomic E-state index is 0.0506. The van der Waals surface area contributed by atoms with Crippen molar-refractivity contribution in [2.24, 2.45) is 11.8 Å². The molecule has 1 fully saturated rings. The quantitative estimate of drug-likeness (QED) is 0.533. The number of methoxy groups -OCH3 is 1. The molecule has 0 radical (unpaired) electrons. The summed E-state index contributed by atoms with van der Waals surface area (Å²) in [4.78, 5) is 28.5. The van der Waals surface area contributed by atoms with Crippen LogP contribution in [-0.2, 0) is 4.74 Å². The first-order chi connectivity index (χ1) is 15.5. The third-order valence-electron chi connectivity index (χ3n) is 5.06. The fourth-order valence-corrected chi connectivity index (χ4v) is 3.20. The van der Waals surface area contributed by atoms with Crippen LogP contribution >= 0.6 is 0 Å². The molecule has 1 heterocycles. The molecule has 9 nitrogen and oxygen atoms in total. The molecular formula is C24H32N2O7. The SMILES string of the molecule is COc1ccc(-c2nc(C(=O)O)c(C(NC(=O)OC(C)(C)C)C(C)C)o2)cc1OCC1CC1. The number of ether oxygens (including phenoxy) is 3. The number of carbonyl (C=O) groups is 2. The highest BCUT2D eigenvalue weighted by atomic mass is 16.6. The first-order valence-corrected chi connectivity index (χ1v) is 11.0. The summed E-state index contributed by atoms with van der Waals surface area (Å²) in [7, 11) is 1.56. The predicted molar refractivity (Wildman–Crippen MR) is 121 cm³/mol. The Balaban J connectivity index is 1.94. The van der Waals surface area contributed by atoms with E-state index < -0.39 is 23.7 Å². The van der Waals surface area contributed by atoms with Gasteiger partial charge in [0, 0.05) is 5.56 Å². The standard InChI is InChI=1S/C24H32N2O7/c1-13(2)18(26-23(29)33-24(3,4)5)20-19(22(27)28)25-21(32-20)15-9-10-16(30-6)17(11-15)31-12-14-7-8-14/h9-11,13-14,18H,7-8,12H2,1-6H3,(H,26,29)(H,27,28). The second kappa shape index (κ2) is 9.72. The van der Waals surface area contributed by atoms with Crippen LogP contribution in [0.15, 0.2) is 22.6 Å². The Bertz CT molecular complexity index is 1000. The summed E-state index contributed by atoms with van der Waals surface area (Å²) in [6.45, 7) is 9.52. The van der Waals surface area contributed by atoms with E-state index in [1.165, 1.54) is 0 Å². The molecule has 0 spiro atoms. The predicted octanol–water partition coefficient (Wildman–Crippen LogP) is 5.06. The zero-order valence-electron chi connectivity index (χ0n) is 19.9. The average Bonchev–Trinajstić information content (AvgIpc) is 3.44. The average molecular weight is 461 g/mol. The van der Waals surface area contributed by atoms with Gasteiger partial charge in [0.15, 0.2) is 23.0 Å². The number of alkyl carbamates (subject to hydrolysis) is 1. The van der Waals surface area contributed by atoms with Crippen molar-refractivity contribution in [3.8, 4) is 23.0 Å². The third-order valence-corrected chi connectivity index (χ3v) is 5.06. The van der Waals surface area contributed by atoms with E-state index in [0.29, 0.717) is 29.6 Å². The van der Waals surface area contributed by atoms with Crippen molar-refractivity contribution >= 4 is 12.1 Å². The molecule has 1 aliphatic carbocycles. The van der Waals surface area contributed by atoms with E-state index >= 15 is 0 Å². The van der Waals surface area contributed by atoms with Crippen LogP contribution < -0.4 is 14.8 Å². The highest BCUT2D eigenvalue weighted by Gasteiger charge is 2.32. The van der Waals surface area contributed by atoms with E-state index in [4.69, 9.17) is 18.6 Å². The Morgan fingerprint density at radius 3 is 2.48 bits per heavy atom. The molecule has 1 aromatic carbocycles. The monoisotopic (exact) mass is 460 g/mol. The second-order valence-electron chi connectivity index (χ2n) is 9.52. The normalized spacial score (nSPS) is 14.6. The summed E-state index contributed by atoms with van der Waals surface area (Å²) in [5.41, 5.74) is -0.431. The number of carboxylic acid groups (broad SMARTS) is 1. The van der Waals surface area contributed by atoms with Crippen LogP contribution in [0.1, 0.15) is 69.8 Å². The molecule has 3 rings (SSSR count). The van der Waals surface area contributed by atoms with Gasteiger partial charge in [-0.2, -0.15) is 0 Å². The molecule has 1 unspecified atom stereocenters. The lowest BCUT2D eigenvalue weighted by molar-refractivity contribution is 0.0477.